The zero-order valence-corrected chi connectivity index (χ0v) is 15.2. The van der Waals surface area contributed by atoms with Crippen LogP contribution in [0.25, 0.3) is 11.0 Å². The molecule has 1 aliphatic rings. The summed E-state index contributed by atoms with van der Waals surface area (Å²) >= 11 is 5.83. The van der Waals surface area contributed by atoms with Crippen LogP contribution in [-0.2, 0) is 16.5 Å². The number of halogens is 4. The Labute approximate surface area is 158 Å². The predicted molar refractivity (Wildman–Crippen MR) is 96.9 cm³/mol. The summed E-state index contributed by atoms with van der Waals surface area (Å²) in [6, 6.07) is 5.46. The fourth-order valence-electron chi connectivity index (χ4n) is 2.71. The summed E-state index contributed by atoms with van der Waals surface area (Å²) in [5.41, 5.74) is 8.17. The number of rotatable bonds is 6. The number of hydrogen-bond acceptors (Lipinski definition) is 5. The van der Waals surface area contributed by atoms with Crippen molar-refractivity contribution in [2.75, 3.05) is 24.2 Å². The number of nitrogens with one attached hydrogen (secondary N) is 1. The summed E-state index contributed by atoms with van der Waals surface area (Å²) in [6.07, 6.45) is -3.08. The highest BCUT2D eigenvalue weighted by Gasteiger charge is 2.33. The zero-order valence-electron chi connectivity index (χ0n) is 14.4. The van der Waals surface area contributed by atoms with Gasteiger partial charge in [-0.2, -0.15) is 0 Å². The molecule has 1 aromatic heterocycles. The van der Waals surface area contributed by atoms with Crippen LogP contribution >= 0.6 is 11.6 Å². The molecule has 1 aliphatic carbocycles. The van der Waals surface area contributed by atoms with Crippen molar-refractivity contribution >= 4 is 34.3 Å². The van der Waals surface area contributed by atoms with Gasteiger partial charge in [-0.3, -0.25) is 0 Å². The molecule has 0 saturated heterocycles. The second kappa shape index (κ2) is 7.59. The Hall–Kier alpha value is -2.55. The molecule has 0 fully saturated rings. The van der Waals surface area contributed by atoms with Crippen molar-refractivity contribution in [2.24, 2.45) is 7.05 Å². The molecule has 0 atom stereocenters. The van der Waals surface area contributed by atoms with Gasteiger partial charge in [-0.1, -0.05) is 11.6 Å². The van der Waals surface area contributed by atoms with Crippen molar-refractivity contribution in [1.29, 1.82) is 0 Å². The summed E-state index contributed by atoms with van der Waals surface area (Å²) < 4.78 is 48.1. The molecule has 2 aromatic rings. The third-order valence-corrected chi connectivity index (χ3v) is 4.29. The Morgan fingerprint density at radius 3 is 2.81 bits per heavy atom. The van der Waals surface area contributed by atoms with Crippen LogP contribution < -0.4 is 11.1 Å². The minimum Gasteiger partial charge on any atom is -0.496 e. The van der Waals surface area contributed by atoms with E-state index < -0.39 is 6.36 Å². The number of nitrogens with two attached hydrogens (primary N) is 1. The highest BCUT2D eigenvalue weighted by Crippen LogP contribution is 2.32. The maximum Gasteiger partial charge on any atom is 0.572 e. The molecule has 0 spiro atoms. The Morgan fingerprint density at radius 1 is 1.33 bits per heavy atom. The first-order valence-electron chi connectivity index (χ1n) is 8.16. The molecule has 0 bridgehead atoms. The molecule has 0 amide bonds. The van der Waals surface area contributed by atoms with Crippen molar-refractivity contribution in [3.63, 3.8) is 0 Å². The smallest absolute Gasteiger partial charge is 0.496 e. The molecule has 0 radical (unpaired) electrons. The largest absolute Gasteiger partial charge is 0.572 e. The lowest BCUT2D eigenvalue weighted by Crippen LogP contribution is -2.16. The van der Waals surface area contributed by atoms with E-state index in [2.05, 4.69) is 15.0 Å². The number of alkyl halides is 3. The van der Waals surface area contributed by atoms with E-state index in [1.54, 1.807) is 6.07 Å². The van der Waals surface area contributed by atoms with E-state index in [1.165, 1.54) is 6.08 Å². The van der Waals surface area contributed by atoms with Crippen LogP contribution in [0.5, 0.6) is 0 Å². The Morgan fingerprint density at radius 2 is 2.11 bits per heavy atom. The van der Waals surface area contributed by atoms with E-state index in [9.17, 15) is 13.2 Å². The minimum absolute atomic E-state index is 0.0315. The van der Waals surface area contributed by atoms with Crippen LogP contribution in [0.3, 0.4) is 0 Å². The number of imidazole rings is 1. The standard InChI is InChI=1S/C17H18ClF3N4O2/c1-25-14-8-10(22)2-4-13(14)24-16(25)23-6-7-26-11-3-5-15(12(18)9-11)27-17(19,20)21/h2,4,8-9H,3,5-7,22H2,1H3,(H,23,24). The average Bonchev–Trinajstić information content (AvgIpc) is 2.89. The van der Waals surface area contributed by atoms with Crippen LogP contribution in [0.1, 0.15) is 12.8 Å². The van der Waals surface area contributed by atoms with Crippen molar-refractivity contribution in [1.82, 2.24) is 9.55 Å². The van der Waals surface area contributed by atoms with Crippen LogP contribution in [0.15, 0.2) is 40.8 Å². The second-order valence-corrected chi connectivity index (χ2v) is 6.35. The maximum absolute atomic E-state index is 12.3. The van der Waals surface area contributed by atoms with E-state index in [0.29, 0.717) is 30.5 Å². The maximum atomic E-state index is 12.3. The van der Waals surface area contributed by atoms with E-state index in [0.717, 1.165) is 11.0 Å². The fraction of sp³-hybridized carbons (Fsp3) is 0.353. The molecule has 1 aromatic carbocycles. The van der Waals surface area contributed by atoms with Crippen LogP contribution in [0.2, 0.25) is 0 Å². The molecular formula is C17H18ClF3N4O2. The van der Waals surface area contributed by atoms with Crippen molar-refractivity contribution in [3.05, 3.63) is 40.8 Å². The highest BCUT2D eigenvalue weighted by molar-refractivity contribution is 6.31. The number of aryl methyl sites for hydroxylation is 1. The van der Waals surface area contributed by atoms with Gasteiger partial charge in [0.1, 0.15) is 12.4 Å². The SMILES string of the molecule is Cn1c(NCCOC2=CC(Cl)=C(OC(F)(F)F)CC2)nc2ccc(N)cc21. The van der Waals surface area contributed by atoms with Gasteiger partial charge >= 0.3 is 6.36 Å². The van der Waals surface area contributed by atoms with Crippen molar-refractivity contribution in [2.45, 2.75) is 19.2 Å². The van der Waals surface area contributed by atoms with Gasteiger partial charge in [0.25, 0.3) is 0 Å². The summed E-state index contributed by atoms with van der Waals surface area (Å²) in [5.74, 6) is 0.873. The van der Waals surface area contributed by atoms with Gasteiger partial charge in [0.05, 0.1) is 28.4 Å². The van der Waals surface area contributed by atoms with E-state index in [4.69, 9.17) is 22.1 Å². The fourth-order valence-corrected chi connectivity index (χ4v) is 2.97. The number of allylic oxidation sites excluding steroid dienone is 4. The van der Waals surface area contributed by atoms with E-state index in [-0.39, 0.29) is 23.6 Å². The normalized spacial score (nSPS) is 15.1. The van der Waals surface area contributed by atoms with Crippen LogP contribution in [-0.4, -0.2) is 29.1 Å². The molecule has 27 heavy (non-hydrogen) atoms. The lowest BCUT2D eigenvalue weighted by atomic mass is 10.1. The lowest BCUT2D eigenvalue weighted by molar-refractivity contribution is -0.306. The Kier molecular flexibility index (Phi) is 5.41. The average molecular weight is 403 g/mol. The van der Waals surface area contributed by atoms with Gasteiger partial charge in [0, 0.05) is 25.6 Å². The Balaban J connectivity index is 1.54. The molecule has 146 valence electrons. The summed E-state index contributed by atoms with van der Waals surface area (Å²) in [7, 11) is 1.87. The summed E-state index contributed by atoms with van der Waals surface area (Å²) in [6.45, 7) is 0.758. The van der Waals surface area contributed by atoms with Crippen molar-refractivity contribution in [3.8, 4) is 0 Å². The number of ether oxygens (including phenoxy) is 2. The van der Waals surface area contributed by atoms with Gasteiger partial charge in [-0.25, -0.2) is 4.98 Å². The quantitative estimate of drug-likeness (QED) is 0.558. The monoisotopic (exact) mass is 402 g/mol. The van der Waals surface area contributed by atoms with Gasteiger partial charge in [0.15, 0.2) is 0 Å². The number of nitrogen functional groups attached to an aromatic ring is 1. The molecule has 3 rings (SSSR count). The molecule has 3 N–H and O–H groups in total. The number of nitrogens with zero attached hydrogens (tertiary/aromatic N) is 2. The second-order valence-electron chi connectivity index (χ2n) is 5.95. The number of anilines is 2. The first-order chi connectivity index (χ1) is 12.7. The molecular weight excluding hydrogens is 385 g/mol. The molecule has 0 saturated carbocycles. The highest BCUT2D eigenvalue weighted by atomic mass is 35.5. The number of hydrogen-bond donors (Lipinski definition) is 2. The molecule has 10 heteroatoms. The van der Waals surface area contributed by atoms with Gasteiger partial charge in [-0.05, 0) is 24.3 Å². The lowest BCUT2D eigenvalue weighted by Gasteiger charge is -2.19. The molecule has 6 nitrogen and oxygen atoms in total. The minimum atomic E-state index is -4.75. The number of aromatic nitrogens is 2. The summed E-state index contributed by atoms with van der Waals surface area (Å²) in [4.78, 5) is 4.47. The van der Waals surface area contributed by atoms with Gasteiger partial charge in [-0.15, -0.1) is 13.2 Å². The van der Waals surface area contributed by atoms with Crippen molar-refractivity contribution < 1.29 is 22.6 Å². The summed E-state index contributed by atoms with van der Waals surface area (Å²) in [5, 5.41) is 3.05. The first-order valence-corrected chi connectivity index (χ1v) is 8.54. The van der Waals surface area contributed by atoms with Crippen LogP contribution in [0.4, 0.5) is 24.8 Å². The van der Waals surface area contributed by atoms with E-state index >= 15 is 0 Å². The molecule has 0 aliphatic heterocycles. The number of fused-ring (bicyclic) bond motifs is 1. The zero-order chi connectivity index (χ0) is 19.6. The third kappa shape index (κ3) is 4.79. The van der Waals surface area contributed by atoms with Gasteiger partial charge < -0.3 is 25.1 Å². The molecule has 0 unspecified atom stereocenters. The first kappa shape index (κ1) is 19.2. The van der Waals surface area contributed by atoms with Crippen LogP contribution in [0, 0.1) is 0 Å². The third-order valence-electron chi connectivity index (χ3n) is 3.97. The topological polar surface area (TPSA) is 74.3 Å². The predicted octanol–water partition coefficient (Wildman–Crippen LogP) is 4.25. The molecule has 1 heterocycles. The van der Waals surface area contributed by atoms with E-state index in [1.807, 2.05) is 23.7 Å². The Bertz CT molecular complexity index is 905. The van der Waals surface area contributed by atoms with Gasteiger partial charge in [0.2, 0.25) is 5.95 Å². The number of benzene rings is 1.